The van der Waals surface area contributed by atoms with Gasteiger partial charge in [-0.25, -0.2) is 4.68 Å². The fourth-order valence-corrected chi connectivity index (χ4v) is 2.12. The number of hydrogen-bond donors (Lipinski definition) is 1. The van der Waals surface area contributed by atoms with Crippen LogP contribution in [0.1, 0.15) is 5.69 Å². The molecule has 78 valence electrons. The van der Waals surface area contributed by atoms with Crippen LogP contribution in [0, 0.1) is 3.57 Å². The Morgan fingerprint density at radius 2 is 2.27 bits per heavy atom. The van der Waals surface area contributed by atoms with E-state index in [1.165, 1.54) is 0 Å². The van der Waals surface area contributed by atoms with Crippen LogP contribution in [-0.4, -0.2) is 15.0 Å². The van der Waals surface area contributed by atoms with E-state index in [1.807, 2.05) is 18.2 Å². The molecular weight excluding hydrogens is 326 g/mol. The van der Waals surface area contributed by atoms with Gasteiger partial charge in [0.25, 0.3) is 0 Å². The van der Waals surface area contributed by atoms with E-state index in [9.17, 15) is 0 Å². The Bertz CT molecular complexity index is 483. The van der Waals surface area contributed by atoms with Crippen molar-refractivity contribution in [2.45, 2.75) is 6.54 Å². The van der Waals surface area contributed by atoms with Crippen molar-refractivity contribution in [2.75, 3.05) is 0 Å². The summed E-state index contributed by atoms with van der Waals surface area (Å²) in [5.41, 5.74) is 7.00. The fourth-order valence-electron chi connectivity index (χ4n) is 1.18. The molecule has 1 heterocycles. The predicted octanol–water partition coefficient (Wildman–Crippen LogP) is 1.98. The van der Waals surface area contributed by atoms with Crippen LogP contribution in [0.3, 0.4) is 0 Å². The largest absolute Gasteiger partial charge is 0.325 e. The van der Waals surface area contributed by atoms with Gasteiger partial charge in [-0.15, -0.1) is 5.10 Å². The van der Waals surface area contributed by atoms with Gasteiger partial charge in [-0.2, -0.15) is 0 Å². The number of benzene rings is 1. The Morgan fingerprint density at radius 1 is 1.47 bits per heavy atom. The third-order valence-corrected chi connectivity index (χ3v) is 2.88. The highest BCUT2D eigenvalue weighted by Gasteiger charge is 2.05. The van der Waals surface area contributed by atoms with Crippen molar-refractivity contribution in [1.82, 2.24) is 15.0 Å². The molecule has 4 nitrogen and oxygen atoms in total. The average molecular weight is 335 g/mol. The smallest absolute Gasteiger partial charge is 0.0967 e. The van der Waals surface area contributed by atoms with Gasteiger partial charge in [0.05, 0.1) is 22.6 Å². The van der Waals surface area contributed by atoms with E-state index in [0.717, 1.165) is 15.0 Å². The first kappa shape index (κ1) is 10.8. The van der Waals surface area contributed by atoms with Crippen molar-refractivity contribution < 1.29 is 0 Å². The highest BCUT2D eigenvalue weighted by atomic mass is 127. The molecule has 15 heavy (non-hydrogen) atoms. The molecule has 0 radical (unpaired) electrons. The van der Waals surface area contributed by atoms with Crippen molar-refractivity contribution in [3.05, 3.63) is 38.7 Å². The summed E-state index contributed by atoms with van der Waals surface area (Å²) in [6.07, 6.45) is 1.77. The summed E-state index contributed by atoms with van der Waals surface area (Å²) in [5, 5.41) is 8.50. The molecule has 0 atom stereocenters. The lowest BCUT2D eigenvalue weighted by molar-refractivity contribution is 0.796. The second-order valence-electron chi connectivity index (χ2n) is 2.95. The van der Waals surface area contributed by atoms with E-state index in [2.05, 4.69) is 32.9 Å². The Kier molecular flexibility index (Phi) is 3.22. The molecule has 0 aliphatic heterocycles. The molecule has 0 bridgehead atoms. The molecule has 0 aliphatic rings. The molecular formula is C9H8ClIN4. The average Bonchev–Trinajstić information content (AvgIpc) is 2.66. The number of rotatable bonds is 2. The van der Waals surface area contributed by atoms with Gasteiger partial charge in [-0.05, 0) is 40.8 Å². The van der Waals surface area contributed by atoms with Gasteiger partial charge in [-0.1, -0.05) is 16.8 Å². The van der Waals surface area contributed by atoms with E-state index in [-0.39, 0.29) is 0 Å². The number of hydrogen-bond acceptors (Lipinski definition) is 3. The van der Waals surface area contributed by atoms with Crippen LogP contribution in [0.4, 0.5) is 0 Å². The minimum absolute atomic E-state index is 0.377. The van der Waals surface area contributed by atoms with Crippen molar-refractivity contribution in [3.63, 3.8) is 0 Å². The lowest BCUT2D eigenvalue weighted by Gasteiger charge is -2.02. The molecule has 0 saturated heterocycles. The second kappa shape index (κ2) is 4.46. The number of nitrogens with zero attached hydrogens (tertiary/aromatic N) is 3. The molecule has 0 saturated carbocycles. The van der Waals surface area contributed by atoms with Gasteiger partial charge in [-0.3, -0.25) is 0 Å². The zero-order valence-electron chi connectivity index (χ0n) is 7.69. The molecule has 2 N–H and O–H groups in total. The van der Waals surface area contributed by atoms with E-state index in [1.54, 1.807) is 10.9 Å². The molecule has 0 unspecified atom stereocenters. The highest BCUT2D eigenvalue weighted by molar-refractivity contribution is 14.1. The zero-order chi connectivity index (χ0) is 10.8. The van der Waals surface area contributed by atoms with Crippen LogP contribution < -0.4 is 5.73 Å². The minimum Gasteiger partial charge on any atom is -0.325 e. The summed E-state index contributed by atoms with van der Waals surface area (Å²) in [4.78, 5) is 0. The minimum atomic E-state index is 0.377. The Hall–Kier alpha value is -0.660. The van der Waals surface area contributed by atoms with Crippen LogP contribution in [0.5, 0.6) is 0 Å². The van der Waals surface area contributed by atoms with Crippen molar-refractivity contribution in [3.8, 4) is 5.69 Å². The van der Waals surface area contributed by atoms with E-state index < -0.39 is 0 Å². The lowest BCUT2D eigenvalue weighted by Crippen LogP contribution is -1.96. The van der Waals surface area contributed by atoms with Crippen molar-refractivity contribution >= 4 is 34.2 Å². The SMILES string of the molecule is NCc1cn(-c2ccc(I)cc2Cl)nn1. The first-order valence-corrected chi connectivity index (χ1v) is 5.73. The molecule has 1 aromatic carbocycles. The molecule has 6 heteroatoms. The van der Waals surface area contributed by atoms with Gasteiger partial charge < -0.3 is 5.73 Å². The summed E-state index contributed by atoms with van der Waals surface area (Å²) in [6.45, 7) is 0.377. The first-order chi connectivity index (χ1) is 7.20. The summed E-state index contributed by atoms with van der Waals surface area (Å²) >= 11 is 8.30. The summed E-state index contributed by atoms with van der Waals surface area (Å²) in [6, 6.07) is 5.74. The molecule has 2 aromatic rings. The Balaban J connectivity index is 2.44. The van der Waals surface area contributed by atoms with E-state index >= 15 is 0 Å². The third-order valence-electron chi connectivity index (χ3n) is 1.91. The van der Waals surface area contributed by atoms with Crippen LogP contribution in [0.15, 0.2) is 24.4 Å². The third kappa shape index (κ3) is 2.30. The summed E-state index contributed by atoms with van der Waals surface area (Å²) in [5.74, 6) is 0. The quantitative estimate of drug-likeness (QED) is 0.855. The van der Waals surface area contributed by atoms with Crippen molar-refractivity contribution in [2.24, 2.45) is 5.73 Å². The van der Waals surface area contributed by atoms with Crippen LogP contribution in [-0.2, 0) is 6.54 Å². The molecule has 2 rings (SSSR count). The monoisotopic (exact) mass is 334 g/mol. The van der Waals surface area contributed by atoms with Crippen LogP contribution >= 0.6 is 34.2 Å². The van der Waals surface area contributed by atoms with E-state index in [4.69, 9.17) is 17.3 Å². The number of aromatic nitrogens is 3. The molecule has 0 aliphatic carbocycles. The van der Waals surface area contributed by atoms with Gasteiger partial charge >= 0.3 is 0 Å². The number of halogens is 2. The Morgan fingerprint density at radius 3 is 2.87 bits per heavy atom. The van der Waals surface area contributed by atoms with Gasteiger partial charge in [0.2, 0.25) is 0 Å². The summed E-state index contributed by atoms with van der Waals surface area (Å²) in [7, 11) is 0. The zero-order valence-corrected chi connectivity index (χ0v) is 10.6. The number of nitrogens with two attached hydrogens (primary N) is 1. The Labute approximate surface area is 106 Å². The topological polar surface area (TPSA) is 56.7 Å². The van der Waals surface area contributed by atoms with E-state index in [0.29, 0.717) is 11.6 Å². The maximum absolute atomic E-state index is 6.09. The normalized spacial score (nSPS) is 10.6. The van der Waals surface area contributed by atoms with Gasteiger partial charge in [0.15, 0.2) is 0 Å². The second-order valence-corrected chi connectivity index (χ2v) is 4.61. The molecule has 0 amide bonds. The molecule has 1 aromatic heterocycles. The van der Waals surface area contributed by atoms with Crippen LogP contribution in [0.25, 0.3) is 5.69 Å². The lowest BCUT2D eigenvalue weighted by atomic mass is 10.3. The van der Waals surface area contributed by atoms with Crippen molar-refractivity contribution in [1.29, 1.82) is 0 Å². The maximum atomic E-state index is 6.09. The molecule has 0 spiro atoms. The maximum Gasteiger partial charge on any atom is 0.0967 e. The van der Waals surface area contributed by atoms with Crippen LogP contribution in [0.2, 0.25) is 5.02 Å². The fraction of sp³-hybridized carbons (Fsp3) is 0.111. The predicted molar refractivity (Wildman–Crippen MR) is 67.0 cm³/mol. The first-order valence-electron chi connectivity index (χ1n) is 4.27. The summed E-state index contributed by atoms with van der Waals surface area (Å²) < 4.78 is 2.71. The van der Waals surface area contributed by atoms with Gasteiger partial charge in [0, 0.05) is 10.1 Å². The highest BCUT2D eigenvalue weighted by Crippen LogP contribution is 2.22. The molecule has 0 fully saturated rings. The van der Waals surface area contributed by atoms with Gasteiger partial charge in [0.1, 0.15) is 0 Å². The standard InChI is InChI=1S/C9H8ClIN4/c10-8-3-6(11)1-2-9(8)15-5-7(4-12)13-14-15/h1-3,5H,4,12H2.